The molecule has 0 aliphatic heterocycles. The van der Waals surface area contributed by atoms with Crippen LogP contribution < -0.4 is 0 Å². The van der Waals surface area contributed by atoms with Gasteiger partial charge in [-0.05, 0) is 18.2 Å². The van der Waals surface area contributed by atoms with Crippen LogP contribution in [0.2, 0.25) is 0 Å². The largest absolute Gasteiger partial charge is 0.265 e. The van der Waals surface area contributed by atoms with Gasteiger partial charge in [-0.2, -0.15) is 0 Å². The van der Waals surface area contributed by atoms with Crippen LogP contribution in [0, 0.1) is 0 Å². The highest BCUT2D eigenvalue weighted by molar-refractivity contribution is 7.80. The van der Waals surface area contributed by atoms with Crippen molar-refractivity contribution in [2.24, 2.45) is 0 Å². The summed E-state index contributed by atoms with van der Waals surface area (Å²) in [5.74, 6) is 0. The van der Waals surface area contributed by atoms with Gasteiger partial charge in [0.05, 0.1) is 5.03 Å². The molecule has 1 heterocycles. The highest BCUT2D eigenvalue weighted by Gasteiger charge is 1.72. The molecular formula is C8H8N2S. The first-order valence-corrected chi connectivity index (χ1v) is 3.62. The minimum absolute atomic E-state index is 0.682. The highest BCUT2D eigenvalue weighted by Crippen LogP contribution is 1.93. The number of nitrogens with zero attached hydrogens (tertiary/aromatic N) is 2. The van der Waals surface area contributed by atoms with Crippen molar-refractivity contribution in [2.45, 2.75) is 5.03 Å². The average molecular weight is 164 g/mol. The molecule has 1 rings (SSSR count). The maximum Gasteiger partial charge on any atom is 0.0929 e. The minimum Gasteiger partial charge on any atom is -0.265 e. The van der Waals surface area contributed by atoms with E-state index in [9.17, 15) is 0 Å². The summed E-state index contributed by atoms with van der Waals surface area (Å²) in [4.78, 5) is 7.89. The molecule has 1 aromatic heterocycles. The van der Waals surface area contributed by atoms with E-state index in [1.807, 2.05) is 12.1 Å². The molecule has 0 aromatic carbocycles. The molecule has 0 aliphatic carbocycles. The van der Waals surface area contributed by atoms with Gasteiger partial charge in [-0.15, -0.1) is 12.6 Å². The molecule has 0 radical (unpaired) electrons. The summed E-state index contributed by atoms with van der Waals surface area (Å²) in [7, 11) is 0. The molecule has 2 nitrogen and oxygen atoms in total. The third kappa shape index (κ3) is 3.57. The van der Waals surface area contributed by atoms with Crippen molar-refractivity contribution in [3.63, 3.8) is 0 Å². The molecule has 3 heteroatoms. The van der Waals surface area contributed by atoms with Crippen molar-refractivity contribution in [2.75, 3.05) is 0 Å². The minimum atomic E-state index is 0.682. The lowest BCUT2D eigenvalue weighted by Crippen LogP contribution is -1.66. The SMILES string of the molecule is Sc1ccccncccn1. The number of thiol groups is 1. The normalized spacial score (nSPS) is 8.45. The van der Waals surface area contributed by atoms with Crippen molar-refractivity contribution >= 4 is 12.6 Å². The average Bonchev–Trinajstić information content (AvgIpc) is 2.03. The van der Waals surface area contributed by atoms with E-state index in [1.165, 1.54) is 0 Å². The molecular weight excluding hydrogens is 156 g/mol. The lowest BCUT2D eigenvalue weighted by molar-refractivity contribution is 1.16. The standard InChI is InChI=1S/C8H8N2S/c11-8-4-1-2-5-9-6-3-7-10-8/h1-7H,(H,10,11). The lowest BCUT2D eigenvalue weighted by Gasteiger charge is -1.78. The molecule has 56 valence electrons. The predicted octanol–water partition coefficient (Wildman–Crippen LogP) is 1.89. The topological polar surface area (TPSA) is 25.8 Å². The van der Waals surface area contributed by atoms with Gasteiger partial charge >= 0.3 is 0 Å². The van der Waals surface area contributed by atoms with Gasteiger partial charge in [-0.3, -0.25) is 9.97 Å². The third-order valence-corrected chi connectivity index (χ3v) is 1.26. The van der Waals surface area contributed by atoms with Crippen LogP contribution in [0.3, 0.4) is 0 Å². The highest BCUT2D eigenvalue weighted by atomic mass is 32.1. The summed E-state index contributed by atoms with van der Waals surface area (Å²) < 4.78 is 0. The fourth-order valence-corrected chi connectivity index (χ4v) is 0.694. The van der Waals surface area contributed by atoms with E-state index in [4.69, 9.17) is 0 Å². The first-order chi connectivity index (χ1) is 5.39. The molecule has 0 amide bonds. The Morgan fingerprint density at radius 3 is 2.73 bits per heavy atom. The van der Waals surface area contributed by atoms with E-state index in [2.05, 4.69) is 22.6 Å². The second-order valence-corrected chi connectivity index (χ2v) is 2.29. The van der Waals surface area contributed by atoms with E-state index in [0.717, 1.165) is 0 Å². The zero-order valence-electron chi connectivity index (χ0n) is 5.88. The van der Waals surface area contributed by atoms with Crippen molar-refractivity contribution in [3.05, 3.63) is 42.9 Å². The summed E-state index contributed by atoms with van der Waals surface area (Å²) in [5, 5.41) is 0.682. The second kappa shape index (κ2) is 4.68. The predicted molar refractivity (Wildman–Crippen MR) is 46.9 cm³/mol. The molecule has 11 heavy (non-hydrogen) atoms. The number of hydrogen-bond acceptors (Lipinski definition) is 3. The van der Waals surface area contributed by atoms with Crippen molar-refractivity contribution in [1.82, 2.24) is 9.97 Å². The van der Waals surface area contributed by atoms with E-state index in [-0.39, 0.29) is 0 Å². The van der Waals surface area contributed by atoms with Crippen molar-refractivity contribution < 1.29 is 0 Å². The monoisotopic (exact) mass is 164 g/mol. The van der Waals surface area contributed by atoms with Gasteiger partial charge in [0.2, 0.25) is 0 Å². The molecule has 0 bridgehead atoms. The van der Waals surface area contributed by atoms with Gasteiger partial charge in [0.25, 0.3) is 0 Å². The van der Waals surface area contributed by atoms with Crippen LogP contribution in [0.4, 0.5) is 0 Å². The van der Waals surface area contributed by atoms with Crippen LogP contribution >= 0.6 is 12.6 Å². The Morgan fingerprint density at radius 2 is 1.82 bits per heavy atom. The van der Waals surface area contributed by atoms with Crippen LogP contribution in [0.25, 0.3) is 0 Å². The molecule has 0 aliphatic rings. The molecule has 0 saturated heterocycles. The van der Waals surface area contributed by atoms with Gasteiger partial charge in [0.15, 0.2) is 0 Å². The third-order valence-electron chi connectivity index (χ3n) is 0.994. The van der Waals surface area contributed by atoms with Crippen molar-refractivity contribution in [3.8, 4) is 0 Å². The Balaban J connectivity index is 3.11. The molecule has 0 atom stereocenters. The van der Waals surface area contributed by atoms with Crippen LogP contribution in [0.5, 0.6) is 0 Å². The van der Waals surface area contributed by atoms with Crippen LogP contribution in [-0.4, -0.2) is 9.97 Å². The number of aromatic nitrogens is 2. The maximum absolute atomic E-state index is 4.09. The maximum atomic E-state index is 4.09. The zero-order chi connectivity index (χ0) is 7.94. The van der Waals surface area contributed by atoms with Crippen LogP contribution in [-0.2, 0) is 0 Å². The van der Waals surface area contributed by atoms with E-state index < -0.39 is 0 Å². The Bertz CT molecular complexity index is 249. The van der Waals surface area contributed by atoms with Crippen molar-refractivity contribution in [1.29, 1.82) is 0 Å². The summed E-state index contributed by atoms with van der Waals surface area (Å²) in [6, 6.07) is 7.20. The quantitative estimate of drug-likeness (QED) is 0.592. The first kappa shape index (κ1) is 8.01. The van der Waals surface area contributed by atoms with Crippen LogP contribution in [0.1, 0.15) is 0 Å². The zero-order valence-corrected chi connectivity index (χ0v) is 6.78. The fourth-order valence-electron chi connectivity index (χ4n) is 0.541. The molecule has 0 spiro atoms. The molecule has 0 unspecified atom stereocenters. The Kier molecular flexibility index (Phi) is 3.41. The molecule has 0 fully saturated rings. The molecule has 0 N–H and O–H groups in total. The van der Waals surface area contributed by atoms with Gasteiger partial charge in [0, 0.05) is 18.6 Å². The smallest absolute Gasteiger partial charge is 0.0929 e. The Morgan fingerprint density at radius 1 is 1.00 bits per heavy atom. The Hall–Kier alpha value is -1.09. The van der Waals surface area contributed by atoms with E-state index >= 15 is 0 Å². The van der Waals surface area contributed by atoms with Gasteiger partial charge in [-0.25, -0.2) is 0 Å². The van der Waals surface area contributed by atoms with E-state index in [1.54, 1.807) is 30.7 Å². The number of hydrogen-bond donors (Lipinski definition) is 1. The summed E-state index contributed by atoms with van der Waals surface area (Å²) >= 11 is 4.09. The van der Waals surface area contributed by atoms with Crippen LogP contribution in [0.15, 0.2) is 47.9 Å². The fraction of sp³-hybridized carbons (Fsp3) is 0. The Labute approximate surface area is 71.1 Å². The first-order valence-electron chi connectivity index (χ1n) is 3.18. The lowest BCUT2D eigenvalue weighted by atomic mass is 10.5. The summed E-state index contributed by atoms with van der Waals surface area (Å²) in [5.41, 5.74) is 0. The summed E-state index contributed by atoms with van der Waals surface area (Å²) in [6.07, 6.45) is 5.02. The summed E-state index contributed by atoms with van der Waals surface area (Å²) in [6.45, 7) is 0. The van der Waals surface area contributed by atoms with Gasteiger partial charge < -0.3 is 0 Å². The second-order valence-electron chi connectivity index (χ2n) is 1.83. The number of rotatable bonds is 0. The molecule has 1 aromatic rings. The van der Waals surface area contributed by atoms with Gasteiger partial charge in [-0.1, -0.05) is 6.07 Å². The van der Waals surface area contributed by atoms with Gasteiger partial charge in [0.1, 0.15) is 0 Å². The molecule has 0 saturated carbocycles. The van der Waals surface area contributed by atoms with E-state index in [0.29, 0.717) is 5.03 Å².